The number of hydrogen-bond donors (Lipinski definition) is 0. The first-order valence-corrected chi connectivity index (χ1v) is 8.40. The van der Waals surface area contributed by atoms with Gasteiger partial charge in [0.05, 0.1) is 10.6 Å². The zero-order valence-corrected chi connectivity index (χ0v) is 14.0. The van der Waals surface area contributed by atoms with Crippen LogP contribution in [0.5, 0.6) is 0 Å². The van der Waals surface area contributed by atoms with Gasteiger partial charge >= 0.3 is 0 Å². The fraction of sp³-hybridized carbons (Fsp3) is 0.111. The van der Waals surface area contributed by atoms with Gasteiger partial charge in [-0.3, -0.25) is 9.59 Å². The second-order valence-electron chi connectivity index (χ2n) is 5.09. The average molecular weight is 344 g/mol. The van der Waals surface area contributed by atoms with Crippen LogP contribution in [-0.2, 0) is 11.2 Å². The summed E-state index contributed by atoms with van der Waals surface area (Å²) in [5.41, 5.74) is 2.55. The fourth-order valence-electron chi connectivity index (χ4n) is 2.32. The normalized spacial score (nSPS) is 16.4. The van der Waals surface area contributed by atoms with E-state index in [0.717, 1.165) is 29.3 Å². The smallest absolute Gasteiger partial charge is 0.268 e. The molecule has 1 heterocycles. The van der Waals surface area contributed by atoms with Crippen LogP contribution in [0.15, 0.2) is 53.4 Å². The zero-order valence-electron chi connectivity index (χ0n) is 12.5. The Hall–Kier alpha value is -2.04. The summed E-state index contributed by atoms with van der Waals surface area (Å²) in [5.74, 6) is -0.302. The molecule has 0 bridgehead atoms. The van der Waals surface area contributed by atoms with Gasteiger partial charge < -0.3 is 0 Å². The minimum atomic E-state index is -0.302. The second-order valence-corrected chi connectivity index (χ2v) is 6.52. The van der Waals surface area contributed by atoms with Crippen LogP contribution >= 0.6 is 23.4 Å². The molecule has 5 heteroatoms. The first-order valence-electron chi connectivity index (χ1n) is 7.21. The Kier molecular flexibility index (Phi) is 4.55. The number of carbonyl (C=O) groups excluding carboxylic acids is 2. The number of thioether (sulfide) groups is 1. The third kappa shape index (κ3) is 3.33. The molecule has 0 aliphatic carbocycles. The highest BCUT2D eigenvalue weighted by molar-refractivity contribution is 8.19. The first-order chi connectivity index (χ1) is 11.1. The molecule has 0 aromatic heterocycles. The molecular formula is C18H14ClNO2S. The minimum Gasteiger partial charge on any atom is -0.268 e. The van der Waals surface area contributed by atoms with E-state index in [0.29, 0.717) is 15.6 Å². The molecule has 0 radical (unpaired) electrons. The van der Waals surface area contributed by atoms with Crippen LogP contribution in [0.25, 0.3) is 6.08 Å². The highest BCUT2D eigenvalue weighted by Gasteiger charge is 2.36. The van der Waals surface area contributed by atoms with Crippen molar-refractivity contribution in [1.29, 1.82) is 0 Å². The van der Waals surface area contributed by atoms with Crippen molar-refractivity contribution in [3.05, 3.63) is 69.6 Å². The summed E-state index contributed by atoms with van der Waals surface area (Å²) in [6.45, 7) is 2.06. The summed E-state index contributed by atoms with van der Waals surface area (Å²) in [4.78, 5) is 26.4. The van der Waals surface area contributed by atoms with Gasteiger partial charge in [-0.1, -0.05) is 42.8 Å². The number of aryl methyl sites for hydroxylation is 1. The molecule has 1 aliphatic heterocycles. The summed E-state index contributed by atoms with van der Waals surface area (Å²) in [6, 6.07) is 14.6. The van der Waals surface area contributed by atoms with Crippen LogP contribution in [-0.4, -0.2) is 11.1 Å². The van der Waals surface area contributed by atoms with E-state index in [1.165, 1.54) is 4.90 Å². The number of rotatable bonds is 3. The number of anilines is 1. The number of hydrogen-bond acceptors (Lipinski definition) is 3. The molecule has 3 rings (SSSR count). The first kappa shape index (κ1) is 15.8. The van der Waals surface area contributed by atoms with E-state index in [1.54, 1.807) is 30.3 Å². The van der Waals surface area contributed by atoms with Crippen molar-refractivity contribution >= 4 is 46.3 Å². The number of halogens is 1. The molecule has 2 aromatic rings. The topological polar surface area (TPSA) is 37.4 Å². The van der Waals surface area contributed by atoms with Gasteiger partial charge in [-0.25, -0.2) is 4.90 Å². The Morgan fingerprint density at radius 3 is 2.52 bits per heavy atom. The highest BCUT2D eigenvalue weighted by Crippen LogP contribution is 2.35. The average Bonchev–Trinajstić information content (AvgIpc) is 2.81. The van der Waals surface area contributed by atoms with E-state index < -0.39 is 0 Å². The minimum absolute atomic E-state index is 0.285. The van der Waals surface area contributed by atoms with Crippen molar-refractivity contribution in [2.75, 3.05) is 4.90 Å². The molecule has 1 fully saturated rings. The lowest BCUT2D eigenvalue weighted by atomic mass is 10.1. The van der Waals surface area contributed by atoms with E-state index >= 15 is 0 Å². The monoisotopic (exact) mass is 343 g/mol. The van der Waals surface area contributed by atoms with E-state index in [4.69, 9.17) is 11.6 Å². The quantitative estimate of drug-likeness (QED) is 0.724. The van der Waals surface area contributed by atoms with Crippen molar-refractivity contribution in [3.8, 4) is 0 Å². The summed E-state index contributed by atoms with van der Waals surface area (Å²) < 4.78 is 0. The second kappa shape index (κ2) is 6.60. The van der Waals surface area contributed by atoms with Crippen molar-refractivity contribution in [1.82, 2.24) is 0 Å². The molecular weight excluding hydrogens is 330 g/mol. The molecule has 116 valence electrons. The van der Waals surface area contributed by atoms with Gasteiger partial charge in [0.1, 0.15) is 0 Å². The van der Waals surface area contributed by atoms with Gasteiger partial charge in [-0.15, -0.1) is 0 Å². The summed E-state index contributed by atoms with van der Waals surface area (Å²) in [6.07, 6.45) is 2.61. The van der Waals surface area contributed by atoms with Gasteiger partial charge in [-0.05, 0) is 59.7 Å². The van der Waals surface area contributed by atoms with Crippen LogP contribution in [0.1, 0.15) is 18.1 Å². The van der Waals surface area contributed by atoms with Crippen LogP contribution in [0, 0.1) is 0 Å². The largest absolute Gasteiger partial charge is 0.298 e. The molecule has 23 heavy (non-hydrogen) atoms. The van der Waals surface area contributed by atoms with Crippen LogP contribution < -0.4 is 4.90 Å². The molecule has 3 nitrogen and oxygen atoms in total. The molecule has 1 aliphatic rings. The third-order valence-electron chi connectivity index (χ3n) is 3.54. The van der Waals surface area contributed by atoms with E-state index in [2.05, 4.69) is 6.92 Å². The predicted molar refractivity (Wildman–Crippen MR) is 95.7 cm³/mol. The maximum absolute atomic E-state index is 12.5. The number of carbonyl (C=O) groups is 2. The molecule has 2 aromatic carbocycles. The van der Waals surface area contributed by atoms with Crippen molar-refractivity contribution in [2.45, 2.75) is 13.3 Å². The van der Waals surface area contributed by atoms with Gasteiger partial charge in [0.15, 0.2) is 0 Å². The molecule has 0 spiro atoms. The highest BCUT2D eigenvalue weighted by atomic mass is 35.5. The zero-order chi connectivity index (χ0) is 16.4. The third-order valence-corrected chi connectivity index (χ3v) is 4.65. The maximum atomic E-state index is 12.5. The molecule has 0 unspecified atom stereocenters. The number of amides is 2. The Morgan fingerprint density at radius 1 is 1.13 bits per heavy atom. The number of imide groups is 1. The summed E-state index contributed by atoms with van der Waals surface area (Å²) in [5, 5.41) is 0.306. The Morgan fingerprint density at radius 2 is 1.87 bits per heavy atom. The van der Waals surface area contributed by atoms with Crippen LogP contribution in [0.3, 0.4) is 0 Å². The van der Waals surface area contributed by atoms with Crippen LogP contribution in [0.4, 0.5) is 10.5 Å². The van der Waals surface area contributed by atoms with Gasteiger partial charge in [0.25, 0.3) is 11.1 Å². The van der Waals surface area contributed by atoms with E-state index in [-0.39, 0.29) is 11.1 Å². The SMILES string of the molecule is CCc1ccc(N2C(=O)S/C(=C\c3cccc(Cl)c3)C2=O)cc1. The van der Waals surface area contributed by atoms with Gasteiger partial charge in [0, 0.05) is 5.02 Å². The lowest BCUT2D eigenvalue weighted by Crippen LogP contribution is -2.27. The number of benzene rings is 2. The predicted octanol–water partition coefficient (Wildman–Crippen LogP) is 5.14. The summed E-state index contributed by atoms with van der Waals surface area (Å²) >= 11 is 6.89. The van der Waals surface area contributed by atoms with E-state index in [1.807, 2.05) is 24.3 Å². The van der Waals surface area contributed by atoms with Gasteiger partial charge in [0.2, 0.25) is 0 Å². The molecule has 0 saturated carbocycles. The number of nitrogens with zero attached hydrogens (tertiary/aromatic N) is 1. The Balaban J connectivity index is 1.90. The lowest BCUT2D eigenvalue weighted by molar-refractivity contribution is -0.113. The van der Waals surface area contributed by atoms with Crippen molar-refractivity contribution < 1.29 is 9.59 Å². The molecule has 0 atom stereocenters. The summed E-state index contributed by atoms with van der Waals surface area (Å²) in [7, 11) is 0. The van der Waals surface area contributed by atoms with Gasteiger partial charge in [-0.2, -0.15) is 0 Å². The fourth-order valence-corrected chi connectivity index (χ4v) is 3.36. The molecule has 1 saturated heterocycles. The lowest BCUT2D eigenvalue weighted by Gasteiger charge is -2.12. The molecule has 0 N–H and O–H groups in total. The van der Waals surface area contributed by atoms with E-state index in [9.17, 15) is 9.59 Å². The standard InChI is InChI=1S/C18H14ClNO2S/c1-2-12-6-8-15(9-7-12)20-17(21)16(23-18(20)22)11-13-4-3-5-14(19)10-13/h3-11H,2H2,1H3/b16-11-. The maximum Gasteiger partial charge on any atom is 0.298 e. The van der Waals surface area contributed by atoms with Crippen LogP contribution in [0.2, 0.25) is 5.02 Å². The van der Waals surface area contributed by atoms with Crippen molar-refractivity contribution in [2.24, 2.45) is 0 Å². The molecule has 2 amide bonds. The Bertz CT molecular complexity index is 799. The van der Waals surface area contributed by atoms with Crippen molar-refractivity contribution in [3.63, 3.8) is 0 Å². The Labute approximate surface area is 143 Å².